The maximum absolute atomic E-state index is 5.03. The van der Waals surface area contributed by atoms with E-state index in [1.165, 1.54) is 5.56 Å². The van der Waals surface area contributed by atoms with Crippen molar-refractivity contribution in [1.82, 2.24) is 15.6 Å². The van der Waals surface area contributed by atoms with E-state index in [4.69, 9.17) is 4.74 Å². The second kappa shape index (κ2) is 11.0. The first-order chi connectivity index (χ1) is 12.3. The zero-order chi connectivity index (χ0) is 17.7. The van der Waals surface area contributed by atoms with Crippen LogP contribution in [0.3, 0.4) is 0 Å². The first kappa shape index (κ1) is 18.7. The van der Waals surface area contributed by atoms with Gasteiger partial charge in [-0.1, -0.05) is 18.2 Å². The molecule has 0 radical (unpaired) electrons. The molecule has 0 fully saturated rings. The minimum atomic E-state index is 0.698. The van der Waals surface area contributed by atoms with E-state index >= 15 is 0 Å². The number of hydrogen-bond donors (Lipinski definition) is 3. The standard InChI is InChI=1S/C19H27N5O/c1-20-19(23-12-10-17-5-3-4-11-21-17)24-15-16-6-8-18(9-7-16)22-13-14-25-2/h3-9,11,22H,10,12-15H2,1-2H3,(H2,20,23,24). The summed E-state index contributed by atoms with van der Waals surface area (Å²) in [7, 11) is 3.48. The highest BCUT2D eigenvalue weighted by Gasteiger charge is 2.00. The minimum absolute atomic E-state index is 0.698. The summed E-state index contributed by atoms with van der Waals surface area (Å²) in [5.74, 6) is 0.790. The second-order valence-electron chi connectivity index (χ2n) is 5.54. The van der Waals surface area contributed by atoms with E-state index < -0.39 is 0 Å². The monoisotopic (exact) mass is 341 g/mol. The fourth-order valence-corrected chi connectivity index (χ4v) is 2.30. The van der Waals surface area contributed by atoms with Crippen molar-refractivity contribution in [3.05, 3.63) is 59.9 Å². The SMILES string of the molecule is CN=C(NCCc1ccccn1)NCc1ccc(NCCOC)cc1. The number of ether oxygens (including phenoxy) is 1. The molecule has 0 aliphatic heterocycles. The molecular formula is C19H27N5O. The molecule has 25 heavy (non-hydrogen) atoms. The van der Waals surface area contributed by atoms with Crippen molar-refractivity contribution < 1.29 is 4.74 Å². The smallest absolute Gasteiger partial charge is 0.191 e. The lowest BCUT2D eigenvalue weighted by Gasteiger charge is -2.12. The van der Waals surface area contributed by atoms with Crippen LogP contribution in [-0.2, 0) is 17.7 Å². The number of methoxy groups -OCH3 is 1. The minimum Gasteiger partial charge on any atom is -0.383 e. The molecule has 2 rings (SSSR count). The number of aliphatic imine (C=N–C) groups is 1. The van der Waals surface area contributed by atoms with Crippen molar-refractivity contribution in [2.24, 2.45) is 4.99 Å². The average molecular weight is 341 g/mol. The summed E-state index contributed by atoms with van der Waals surface area (Å²) in [4.78, 5) is 8.57. The number of hydrogen-bond acceptors (Lipinski definition) is 4. The van der Waals surface area contributed by atoms with Crippen LogP contribution in [-0.4, -0.2) is 44.8 Å². The van der Waals surface area contributed by atoms with E-state index in [9.17, 15) is 0 Å². The lowest BCUT2D eigenvalue weighted by Crippen LogP contribution is -2.37. The molecule has 6 heteroatoms. The summed E-state index contributed by atoms with van der Waals surface area (Å²) in [5, 5.41) is 9.93. The Morgan fingerprint density at radius 3 is 2.60 bits per heavy atom. The molecule has 134 valence electrons. The first-order valence-corrected chi connectivity index (χ1v) is 8.48. The van der Waals surface area contributed by atoms with Crippen LogP contribution in [0, 0.1) is 0 Å². The van der Waals surface area contributed by atoms with Crippen LogP contribution >= 0.6 is 0 Å². The zero-order valence-electron chi connectivity index (χ0n) is 15.0. The Morgan fingerprint density at radius 2 is 1.92 bits per heavy atom. The largest absolute Gasteiger partial charge is 0.383 e. The highest BCUT2D eigenvalue weighted by molar-refractivity contribution is 5.79. The molecule has 3 N–H and O–H groups in total. The molecule has 0 aliphatic carbocycles. The maximum Gasteiger partial charge on any atom is 0.191 e. The van der Waals surface area contributed by atoms with Crippen LogP contribution in [0.4, 0.5) is 5.69 Å². The summed E-state index contributed by atoms with van der Waals surface area (Å²) in [6.45, 7) is 3.02. The highest BCUT2D eigenvalue weighted by Crippen LogP contribution is 2.09. The van der Waals surface area contributed by atoms with Crippen LogP contribution in [0.5, 0.6) is 0 Å². The van der Waals surface area contributed by atoms with Crippen LogP contribution in [0.25, 0.3) is 0 Å². The van der Waals surface area contributed by atoms with E-state index in [-0.39, 0.29) is 0 Å². The Kier molecular flexibility index (Phi) is 8.27. The molecule has 0 amide bonds. The molecule has 0 atom stereocenters. The van der Waals surface area contributed by atoms with Gasteiger partial charge >= 0.3 is 0 Å². The fourth-order valence-electron chi connectivity index (χ4n) is 2.30. The van der Waals surface area contributed by atoms with Crippen LogP contribution in [0.2, 0.25) is 0 Å². The van der Waals surface area contributed by atoms with Crippen LogP contribution in [0.15, 0.2) is 53.7 Å². The molecule has 0 aliphatic rings. The zero-order valence-corrected chi connectivity index (χ0v) is 15.0. The van der Waals surface area contributed by atoms with Crippen molar-refractivity contribution in [3.63, 3.8) is 0 Å². The van der Waals surface area contributed by atoms with Gasteiger partial charge in [-0.2, -0.15) is 0 Å². The number of benzene rings is 1. The number of nitrogens with zero attached hydrogens (tertiary/aromatic N) is 2. The Hall–Kier alpha value is -2.60. The predicted molar refractivity (Wildman–Crippen MR) is 103 cm³/mol. The molecule has 1 aromatic carbocycles. The van der Waals surface area contributed by atoms with Gasteiger partial charge in [-0.05, 0) is 29.8 Å². The molecule has 2 aromatic rings. The van der Waals surface area contributed by atoms with Gasteiger partial charge in [0.05, 0.1) is 6.61 Å². The number of anilines is 1. The Labute approximate surface area is 149 Å². The number of aromatic nitrogens is 1. The summed E-state index contributed by atoms with van der Waals surface area (Å²) < 4.78 is 5.03. The third-order valence-electron chi connectivity index (χ3n) is 3.67. The fraction of sp³-hybridized carbons (Fsp3) is 0.368. The number of pyridine rings is 1. The summed E-state index contributed by atoms with van der Waals surface area (Å²) in [5.41, 5.74) is 3.37. The van der Waals surface area contributed by atoms with Gasteiger partial charge in [0.2, 0.25) is 0 Å². The first-order valence-electron chi connectivity index (χ1n) is 8.48. The molecule has 0 unspecified atom stereocenters. The van der Waals surface area contributed by atoms with Crippen LogP contribution < -0.4 is 16.0 Å². The lowest BCUT2D eigenvalue weighted by molar-refractivity contribution is 0.211. The van der Waals surface area contributed by atoms with Crippen molar-refractivity contribution in [2.75, 3.05) is 39.2 Å². The number of rotatable bonds is 9. The molecule has 0 bridgehead atoms. The Balaban J connectivity index is 1.71. The van der Waals surface area contributed by atoms with Gasteiger partial charge in [-0.15, -0.1) is 0 Å². The van der Waals surface area contributed by atoms with Gasteiger partial charge in [0, 0.05) is 57.8 Å². The van der Waals surface area contributed by atoms with Gasteiger partial charge in [0.15, 0.2) is 5.96 Å². The van der Waals surface area contributed by atoms with E-state index in [0.29, 0.717) is 6.61 Å². The third kappa shape index (κ3) is 7.22. The van der Waals surface area contributed by atoms with Gasteiger partial charge in [-0.25, -0.2) is 0 Å². The lowest BCUT2D eigenvalue weighted by atomic mass is 10.2. The van der Waals surface area contributed by atoms with Crippen molar-refractivity contribution in [2.45, 2.75) is 13.0 Å². The summed E-state index contributed by atoms with van der Waals surface area (Å²) in [6, 6.07) is 14.3. The van der Waals surface area contributed by atoms with Crippen LogP contribution in [0.1, 0.15) is 11.3 Å². The average Bonchev–Trinajstić information content (AvgIpc) is 2.66. The predicted octanol–water partition coefficient (Wildman–Crippen LogP) is 2.05. The summed E-state index contributed by atoms with van der Waals surface area (Å²) in [6.07, 6.45) is 2.68. The highest BCUT2D eigenvalue weighted by atomic mass is 16.5. The molecule has 0 spiro atoms. The Morgan fingerprint density at radius 1 is 1.08 bits per heavy atom. The molecular weight excluding hydrogens is 314 g/mol. The third-order valence-corrected chi connectivity index (χ3v) is 3.67. The van der Waals surface area contributed by atoms with E-state index in [1.54, 1.807) is 14.2 Å². The molecule has 0 saturated carbocycles. The van der Waals surface area contributed by atoms with Crippen molar-refractivity contribution in [1.29, 1.82) is 0 Å². The number of guanidine groups is 1. The maximum atomic E-state index is 5.03. The normalized spacial score (nSPS) is 11.2. The molecule has 0 saturated heterocycles. The van der Waals surface area contributed by atoms with E-state index in [0.717, 1.165) is 43.4 Å². The van der Waals surface area contributed by atoms with E-state index in [1.807, 2.05) is 24.4 Å². The van der Waals surface area contributed by atoms with Gasteiger partial charge < -0.3 is 20.7 Å². The van der Waals surface area contributed by atoms with Crippen molar-refractivity contribution >= 4 is 11.6 Å². The van der Waals surface area contributed by atoms with Gasteiger partial charge in [0.25, 0.3) is 0 Å². The van der Waals surface area contributed by atoms with Gasteiger partial charge in [-0.3, -0.25) is 9.98 Å². The molecule has 1 aromatic heterocycles. The van der Waals surface area contributed by atoms with E-state index in [2.05, 4.69) is 50.2 Å². The Bertz CT molecular complexity index is 628. The molecule has 6 nitrogen and oxygen atoms in total. The number of nitrogens with one attached hydrogen (secondary N) is 3. The van der Waals surface area contributed by atoms with Gasteiger partial charge in [0.1, 0.15) is 0 Å². The molecule has 1 heterocycles. The summed E-state index contributed by atoms with van der Waals surface area (Å²) >= 11 is 0. The topological polar surface area (TPSA) is 70.6 Å². The van der Waals surface area contributed by atoms with Crippen molar-refractivity contribution in [3.8, 4) is 0 Å². The quantitative estimate of drug-likeness (QED) is 0.370. The second-order valence-corrected chi connectivity index (χ2v) is 5.54.